The molecule has 5 heteroatoms. The molecule has 0 aromatic heterocycles. The van der Waals surface area contributed by atoms with Gasteiger partial charge in [-0.05, 0) is 5.56 Å². The molecule has 0 amide bonds. The van der Waals surface area contributed by atoms with Gasteiger partial charge in [-0.3, -0.25) is 5.43 Å². The Morgan fingerprint density at radius 2 is 2.00 bits per heavy atom. The first kappa shape index (κ1) is 11.6. The maximum Gasteiger partial charge on any atom is 0.167 e. The summed E-state index contributed by atoms with van der Waals surface area (Å²) in [6, 6.07) is 9.74. The van der Waals surface area contributed by atoms with Crippen LogP contribution >= 0.6 is 0 Å². The summed E-state index contributed by atoms with van der Waals surface area (Å²) in [7, 11) is -3.07. The van der Waals surface area contributed by atoms with E-state index in [4.69, 9.17) is 0 Å². The van der Waals surface area contributed by atoms with Gasteiger partial charge < -0.3 is 0 Å². The van der Waals surface area contributed by atoms with Crippen LogP contribution in [0, 0.1) is 0 Å². The molecule has 1 heterocycles. The standard InChI is InChI=1S/C11H16N2O2S/c1-2-16(14,15)11-10(8-12-13-11)9-6-4-3-5-7-9/h3-7,10-13H,2,8H2,1H3. The molecule has 2 atom stereocenters. The van der Waals surface area contributed by atoms with E-state index in [0.717, 1.165) is 5.56 Å². The summed E-state index contributed by atoms with van der Waals surface area (Å²) in [6.45, 7) is 2.32. The number of benzene rings is 1. The molecule has 88 valence electrons. The van der Waals surface area contributed by atoms with Crippen LogP contribution in [0.25, 0.3) is 0 Å². The minimum Gasteiger partial charge on any atom is -0.256 e. The van der Waals surface area contributed by atoms with Gasteiger partial charge in [0.1, 0.15) is 5.37 Å². The molecule has 1 aromatic rings. The molecular formula is C11H16N2O2S. The highest BCUT2D eigenvalue weighted by Crippen LogP contribution is 2.25. The van der Waals surface area contributed by atoms with E-state index in [2.05, 4.69) is 10.9 Å². The third-order valence-corrected chi connectivity index (χ3v) is 4.97. The molecule has 2 rings (SSSR count). The summed E-state index contributed by atoms with van der Waals surface area (Å²) in [4.78, 5) is 0. The first-order valence-corrected chi connectivity index (χ1v) is 7.11. The second kappa shape index (κ2) is 4.53. The Balaban J connectivity index is 2.29. The Kier molecular flexibility index (Phi) is 3.28. The van der Waals surface area contributed by atoms with Crippen LogP contribution in [-0.4, -0.2) is 26.1 Å². The second-order valence-corrected chi connectivity index (χ2v) is 6.33. The average molecular weight is 240 g/mol. The SMILES string of the molecule is CCS(=O)(=O)C1NNCC1c1ccccc1. The molecule has 1 aromatic carbocycles. The maximum absolute atomic E-state index is 11.9. The molecule has 16 heavy (non-hydrogen) atoms. The zero-order valence-corrected chi connectivity index (χ0v) is 10.00. The molecule has 2 N–H and O–H groups in total. The lowest BCUT2D eigenvalue weighted by Crippen LogP contribution is -2.38. The van der Waals surface area contributed by atoms with E-state index in [1.54, 1.807) is 6.92 Å². The molecule has 0 aliphatic carbocycles. The molecule has 1 fully saturated rings. The lowest BCUT2D eigenvalue weighted by Gasteiger charge is -2.18. The molecule has 4 nitrogen and oxygen atoms in total. The average Bonchev–Trinajstić information content (AvgIpc) is 2.80. The minimum atomic E-state index is -3.07. The Morgan fingerprint density at radius 3 is 2.62 bits per heavy atom. The number of hydrogen-bond donors (Lipinski definition) is 2. The van der Waals surface area contributed by atoms with Crippen molar-refractivity contribution in [3.63, 3.8) is 0 Å². The van der Waals surface area contributed by atoms with Gasteiger partial charge in [0, 0.05) is 18.2 Å². The smallest absolute Gasteiger partial charge is 0.167 e. The van der Waals surface area contributed by atoms with Crippen molar-refractivity contribution >= 4 is 9.84 Å². The fourth-order valence-corrected chi connectivity index (χ4v) is 3.37. The summed E-state index contributed by atoms with van der Waals surface area (Å²) in [5.74, 6) is 0.154. The normalized spacial score (nSPS) is 25.8. The van der Waals surface area contributed by atoms with Gasteiger partial charge >= 0.3 is 0 Å². The summed E-state index contributed by atoms with van der Waals surface area (Å²) in [6.07, 6.45) is 0. The first-order valence-electron chi connectivity index (χ1n) is 5.40. The van der Waals surface area contributed by atoms with Crippen molar-refractivity contribution in [1.29, 1.82) is 0 Å². The fourth-order valence-electron chi connectivity index (χ4n) is 1.99. The Morgan fingerprint density at radius 1 is 1.31 bits per heavy atom. The van der Waals surface area contributed by atoms with Gasteiger partial charge in [-0.25, -0.2) is 13.8 Å². The molecule has 0 bridgehead atoms. The van der Waals surface area contributed by atoms with Crippen LogP contribution in [-0.2, 0) is 9.84 Å². The van der Waals surface area contributed by atoms with E-state index in [0.29, 0.717) is 6.54 Å². The molecule has 0 saturated carbocycles. The monoisotopic (exact) mass is 240 g/mol. The van der Waals surface area contributed by atoms with Gasteiger partial charge in [-0.15, -0.1) is 0 Å². The van der Waals surface area contributed by atoms with Crippen molar-refractivity contribution in [3.8, 4) is 0 Å². The number of hydrazine groups is 1. The molecule has 1 saturated heterocycles. The largest absolute Gasteiger partial charge is 0.256 e. The summed E-state index contributed by atoms with van der Waals surface area (Å²) < 4.78 is 23.8. The van der Waals surface area contributed by atoms with E-state index in [1.165, 1.54) is 0 Å². The highest BCUT2D eigenvalue weighted by Gasteiger charge is 2.36. The van der Waals surface area contributed by atoms with E-state index >= 15 is 0 Å². The van der Waals surface area contributed by atoms with Gasteiger partial charge in [0.2, 0.25) is 0 Å². The Labute approximate surface area is 95.9 Å². The van der Waals surface area contributed by atoms with E-state index in [1.807, 2.05) is 30.3 Å². The van der Waals surface area contributed by atoms with Crippen molar-refractivity contribution in [2.24, 2.45) is 0 Å². The minimum absolute atomic E-state index is 0.00819. The van der Waals surface area contributed by atoms with Crippen LogP contribution in [0.5, 0.6) is 0 Å². The van der Waals surface area contributed by atoms with Crippen LogP contribution in [0.1, 0.15) is 18.4 Å². The lowest BCUT2D eigenvalue weighted by molar-refractivity contribution is 0.554. The topological polar surface area (TPSA) is 58.2 Å². The zero-order valence-electron chi connectivity index (χ0n) is 9.18. The third kappa shape index (κ3) is 2.11. The van der Waals surface area contributed by atoms with Gasteiger partial charge in [0.25, 0.3) is 0 Å². The molecule has 1 aliphatic heterocycles. The van der Waals surface area contributed by atoms with E-state index in [-0.39, 0.29) is 11.7 Å². The van der Waals surface area contributed by atoms with E-state index in [9.17, 15) is 8.42 Å². The van der Waals surface area contributed by atoms with Gasteiger partial charge in [0.15, 0.2) is 9.84 Å². The highest BCUT2D eigenvalue weighted by molar-refractivity contribution is 7.92. The Hall–Kier alpha value is -0.910. The number of rotatable bonds is 3. The third-order valence-electron chi connectivity index (χ3n) is 2.95. The number of nitrogens with one attached hydrogen (secondary N) is 2. The quantitative estimate of drug-likeness (QED) is 0.814. The molecule has 2 unspecified atom stereocenters. The lowest BCUT2D eigenvalue weighted by atomic mass is 10.0. The molecule has 0 spiro atoms. The van der Waals surface area contributed by atoms with Crippen molar-refractivity contribution in [2.45, 2.75) is 18.2 Å². The predicted octanol–water partition coefficient (Wildman–Crippen LogP) is 0.639. The van der Waals surface area contributed by atoms with Crippen LogP contribution in [0.15, 0.2) is 30.3 Å². The van der Waals surface area contributed by atoms with Crippen LogP contribution < -0.4 is 10.9 Å². The molecule has 0 radical (unpaired) electrons. The van der Waals surface area contributed by atoms with Crippen molar-refractivity contribution in [1.82, 2.24) is 10.9 Å². The fraction of sp³-hybridized carbons (Fsp3) is 0.455. The number of sulfone groups is 1. The maximum atomic E-state index is 11.9. The van der Waals surface area contributed by atoms with Crippen LogP contribution in [0.3, 0.4) is 0 Å². The Bertz CT molecular complexity index is 444. The van der Waals surface area contributed by atoms with Gasteiger partial charge in [0.05, 0.1) is 0 Å². The number of hydrogen-bond acceptors (Lipinski definition) is 4. The van der Waals surface area contributed by atoms with E-state index < -0.39 is 15.2 Å². The zero-order chi connectivity index (χ0) is 11.6. The predicted molar refractivity (Wildman–Crippen MR) is 63.6 cm³/mol. The summed E-state index contributed by atoms with van der Waals surface area (Å²) in [5.41, 5.74) is 6.85. The summed E-state index contributed by atoms with van der Waals surface area (Å²) in [5, 5.41) is -0.514. The molecular weight excluding hydrogens is 224 g/mol. The van der Waals surface area contributed by atoms with Crippen LogP contribution in [0.4, 0.5) is 0 Å². The van der Waals surface area contributed by atoms with Crippen molar-refractivity contribution < 1.29 is 8.42 Å². The summed E-state index contributed by atoms with van der Waals surface area (Å²) >= 11 is 0. The molecule has 1 aliphatic rings. The highest BCUT2D eigenvalue weighted by atomic mass is 32.2. The van der Waals surface area contributed by atoms with Crippen molar-refractivity contribution in [2.75, 3.05) is 12.3 Å². The van der Waals surface area contributed by atoms with Crippen LogP contribution in [0.2, 0.25) is 0 Å². The first-order chi connectivity index (χ1) is 7.65. The van der Waals surface area contributed by atoms with Gasteiger partial charge in [-0.1, -0.05) is 37.3 Å². The second-order valence-electron chi connectivity index (χ2n) is 3.91. The van der Waals surface area contributed by atoms with Crippen molar-refractivity contribution in [3.05, 3.63) is 35.9 Å². The van der Waals surface area contributed by atoms with Gasteiger partial charge in [-0.2, -0.15) is 0 Å².